The van der Waals surface area contributed by atoms with E-state index in [1.54, 1.807) is 35.1 Å². The smallest absolute Gasteiger partial charge is 0.270 e. The summed E-state index contributed by atoms with van der Waals surface area (Å²) in [4.78, 5) is 19.5. The number of halogens is 2. The summed E-state index contributed by atoms with van der Waals surface area (Å²) in [6, 6.07) is 11.7. The molecule has 0 N–H and O–H groups in total. The summed E-state index contributed by atoms with van der Waals surface area (Å²) >= 11 is 8.00. The minimum absolute atomic E-state index is 0.0301. The molecule has 0 amide bonds. The van der Waals surface area contributed by atoms with Gasteiger partial charge in [0.25, 0.3) is 5.69 Å². The number of nitrogens with zero attached hydrogens (tertiary/aromatic N) is 3. The van der Waals surface area contributed by atoms with Gasteiger partial charge in [-0.15, -0.1) is 0 Å². The van der Waals surface area contributed by atoms with E-state index >= 15 is 0 Å². The number of nitro benzene ring substituents is 1. The zero-order chi connectivity index (χ0) is 16.4. The number of benzene rings is 2. The molecule has 1 aliphatic rings. The molecule has 6 nitrogen and oxygen atoms in total. The summed E-state index contributed by atoms with van der Waals surface area (Å²) in [5.74, 6) is 0.419. The molecule has 0 unspecified atom stereocenters. The fourth-order valence-electron chi connectivity index (χ4n) is 2.25. The van der Waals surface area contributed by atoms with E-state index in [0.29, 0.717) is 33.4 Å². The predicted octanol–water partition coefficient (Wildman–Crippen LogP) is 4.50. The second-order valence-corrected chi connectivity index (χ2v) is 5.53. The van der Waals surface area contributed by atoms with Gasteiger partial charge in [0.15, 0.2) is 23.0 Å². The highest BCUT2D eigenvalue weighted by molar-refractivity contribution is 14.1. The first-order chi connectivity index (χ1) is 11.1. The van der Waals surface area contributed by atoms with Gasteiger partial charge in [0.1, 0.15) is 6.54 Å². The summed E-state index contributed by atoms with van der Waals surface area (Å²) in [6.07, 6.45) is 0. The van der Waals surface area contributed by atoms with Gasteiger partial charge in [-0.3, -0.25) is 15.1 Å². The summed E-state index contributed by atoms with van der Waals surface area (Å²) in [6.45, 7) is 0.228. The third-order valence-corrected chi connectivity index (χ3v) is 4.12. The van der Waals surface area contributed by atoms with Crippen molar-refractivity contribution < 1.29 is 7.99 Å². The molecule has 8 heteroatoms. The largest absolute Gasteiger partial charge is 0.410 e. The van der Waals surface area contributed by atoms with Gasteiger partial charge in [-0.25, -0.2) is 4.99 Å². The Balaban J connectivity index is 2.24. The van der Waals surface area contributed by atoms with Crippen molar-refractivity contribution in [3.8, 4) is 0 Å². The Morgan fingerprint density at radius 1 is 1.22 bits per heavy atom. The number of hydrogen-bond donors (Lipinski definition) is 0. The van der Waals surface area contributed by atoms with Crippen molar-refractivity contribution in [1.82, 2.24) is 0 Å². The van der Waals surface area contributed by atoms with Crippen LogP contribution in [0.25, 0.3) is 0 Å². The fraction of sp³-hybridized carbons (Fsp3) is 0.0667. The molecule has 3 rings (SSSR count). The van der Waals surface area contributed by atoms with E-state index in [2.05, 4.69) is 9.98 Å². The van der Waals surface area contributed by atoms with Gasteiger partial charge < -0.3 is 3.07 Å². The molecule has 0 radical (unpaired) electrons. The summed E-state index contributed by atoms with van der Waals surface area (Å²) < 4.78 is 5.17. The first-order valence-corrected chi connectivity index (χ1v) is 7.80. The Morgan fingerprint density at radius 3 is 2.70 bits per heavy atom. The Kier molecular flexibility index (Phi) is 4.58. The van der Waals surface area contributed by atoms with Gasteiger partial charge in [0, 0.05) is 28.3 Å². The molecule has 2 aromatic carbocycles. The average molecular weight is 442 g/mol. The fourth-order valence-corrected chi connectivity index (χ4v) is 2.71. The molecule has 0 bridgehead atoms. The number of aliphatic imine (C=N–C) groups is 2. The lowest BCUT2D eigenvalue weighted by Crippen LogP contribution is -2.07. The molecule has 1 aliphatic heterocycles. The summed E-state index contributed by atoms with van der Waals surface area (Å²) in [5, 5.41) is 11.6. The van der Waals surface area contributed by atoms with Crippen LogP contribution in [-0.2, 0) is 3.07 Å². The first kappa shape index (κ1) is 15.9. The van der Waals surface area contributed by atoms with Gasteiger partial charge in [0.05, 0.1) is 16.3 Å². The number of fused-ring (bicyclic) bond motifs is 1. The van der Waals surface area contributed by atoms with Gasteiger partial charge in [-0.2, -0.15) is 0 Å². The highest BCUT2D eigenvalue weighted by atomic mass is 127. The molecule has 0 spiro atoms. The lowest BCUT2D eigenvalue weighted by molar-refractivity contribution is -0.384. The van der Waals surface area contributed by atoms with Crippen molar-refractivity contribution in [3.63, 3.8) is 0 Å². The van der Waals surface area contributed by atoms with Crippen LogP contribution in [0.15, 0.2) is 52.4 Å². The summed E-state index contributed by atoms with van der Waals surface area (Å²) in [7, 11) is 0. The van der Waals surface area contributed by atoms with Crippen LogP contribution in [0, 0.1) is 10.1 Å². The molecule has 0 saturated carbocycles. The Bertz CT molecular complexity index is 852. The molecule has 0 aromatic heterocycles. The molecule has 0 atom stereocenters. The molecule has 0 fully saturated rings. The van der Waals surface area contributed by atoms with Crippen molar-refractivity contribution in [2.24, 2.45) is 9.98 Å². The SMILES string of the molecule is O=[N+]([O-])c1ccc2c(c1)C(c1ccccc1Cl)=NCC(OI)=N2. The quantitative estimate of drug-likeness (QED) is 0.391. The minimum atomic E-state index is -0.450. The van der Waals surface area contributed by atoms with Crippen molar-refractivity contribution >= 4 is 57.6 Å². The molecule has 2 aromatic rings. The molecule has 23 heavy (non-hydrogen) atoms. The topological polar surface area (TPSA) is 77.1 Å². The van der Waals surface area contributed by atoms with E-state index in [-0.39, 0.29) is 12.2 Å². The highest BCUT2D eigenvalue weighted by Crippen LogP contribution is 2.31. The normalized spacial score (nSPS) is 13.5. The predicted molar refractivity (Wildman–Crippen MR) is 97.3 cm³/mol. The monoisotopic (exact) mass is 441 g/mol. The zero-order valence-electron chi connectivity index (χ0n) is 11.6. The maximum absolute atomic E-state index is 11.1. The molecule has 1 heterocycles. The van der Waals surface area contributed by atoms with Gasteiger partial charge in [0.2, 0.25) is 5.90 Å². The van der Waals surface area contributed by atoms with E-state index in [1.165, 1.54) is 12.1 Å². The third-order valence-electron chi connectivity index (χ3n) is 3.28. The second-order valence-electron chi connectivity index (χ2n) is 4.69. The van der Waals surface area contributed by atoms with Crippen molar-refractivity contribution in [3.05, 3.63) is 68.7 Å². The van der Waals surface area contributed by atoms with Crippen LogP contribution in [-0.4, -0.2) is 23.1 Å². The van der Waals surface area contributed by atoms with Crippen LogP contribution < -0.4 is 0 Å². The summed E-state index contributed by atoms with van der Waals surface area (Å²) in [5.41, 5.74) is 2.33. The Hall–Kier alpha value is -2.00. The Morgan fingerprint density at radius 2 is 2.00 bits per heavy atom. The number of rotatable bonds is 2. The zero-order valence-corrected chi connectivity index (χ0v) is 14.5. The van der Waals surface area contributed by atoms with E-state index in [0.717, 1.165) is 0 Å². The van der Waals surface area contributed by atoms with Gasteiger partial charge in [-0.1, -0.05) is 29.8 Å². The van der Waals surface area contributed by atoms with Gasteiger partial charge >= 0.3 is 0 Å². The van der Waals surface area contributed by atoms with Crippen LogP contribution >= 0.6 is 34.6 Å². The second kappa shape index (κ2) is 6.63. The Labute approximate surface area is 150 Å². The number of nitro groups is 1. The molecule has 0 saturated heterocycles. The standard InChI is InChI=1S/C15H9ClIN3O3/c16-12-4-2-1-3-10(12)15-11-7-9(20(21)22)5-6-13(11)19-14(23-17)8-18-15/h1-7H,8H2. The van der Waals surface area contributed by atoms with Crippen LogP contribution in [0.4, 0.5) is 11.4 Å². The minimum Gasteiger partial charge on any atom is -0.410 e. The van der Waals surface area contributed by atoms with E-state index in [9.17, 15) is 10.1 Å². The molecular weight excluding hydrogens is 433 g/mol. The molecule has 0 aliphatic carbocycles. The molecule has 116 valence electrons. The van der Waals surface area contributed by atoms with Gasteiger partial charge in [-0.05, 0) is 12.1 Å². The van der Waals surface area contributed by atoms with Crippen LogP contribution in [0.2, 0.25) is 5.02 Å². The van der Waals surface area contributed by atoms with Crippen LogP contribution in [0.1, 0.15) is 11.1 Å². The van der Waals surface area contributed by atoms with Crippen molar-refractivity contribution in [1.29, 1.82) is 0 Å². The maximum Gasteiger partial charge on any atom is 0.270 e. The number of hydrogen-bond acceptors (Lipinski definition) is 5. The lowest BCUT2D eigenvalue weighted by Gasteiger charge is -2.09. The molecular formula is C15H9ClIN3O3. The van der Waals surface area contributed by atoms with E-state index < -0.39 is 4.92 Å². The van der Waals surface area contributed by atoms with Crippen LogP contribution in [0.3, 0.4) is 0 Å². The van der Waals surface area contributed by atoms with E-state index in [1.807, 2.05) is 18.2 Å². The average Bonchev–Trinajstić information content (AvgIpc) is 2.73. The third kappa shape index (κ3) is 3.20. The highest BCUT2D eigenvalue weighted by Gasteiger charge is 2.21. The van der Waals surface area contributed by atoms with E-state index in [4.69, 9.17) is 14.7 Å². The van der Waals surface area contributed by atoms with Crippen LogP contribution in [0.5, 0.6) is 0 Å². The first-order valence-electron chi connectivity index (χ1n) is 6.54. The van der Waals surface area contributed by atoms with Crippen molar-refractivity contribution in [2.75, 3.05) is 6.54 Å². The lowest BCUT2D eigenvalue weighted by atomic mass is 10.00. The number of non-ortho nitro benzene ring substituents is 1. The maximum atomic E-state index is 11.1. The van der Waals surface area contributed by atoms with Crippen molar-refractivity contribution in [2.45, 2.75) is 0 Å².